The van der Waals surface area contributed by atoms with Gasteiger partial charge in [-0.2, -0.15) is 0 Å². The maximum atomic E-state index is 6.19. The summed E-state index contributed by atoms with van der Waals surface area (Å²) in [6, 6.07) is 0. The predicted molar refractivity (Wildman–Crippen MR) is 88.4 cm³/mol. The number of ether oxygens (including phenoxy) is 1. The second-order valence-electron chi connectivity index (χ2n) is 4.89. The first-order chi connectivity index (χ1) is 9.02. The van der Waals surface area contributed by atoms with Gasteiger partial charge >= 0.3 is 0 Å². The molecule has 0 fully saturated rings. The zero-order valence-electron chi connectivity index (χ0n) is 11.9. The molecule has 0 aliphatic heterocycles. The van der Waals surface area contributed by atoms with Crippen LogP contribution in [0.5, 0.6) is 0 Å². The van der Waals surface area contributed by atoms with Crippen LogP contribution in [0.2, 0.25) is 0 Å². The zero-order chi connectivity index (χ0) is 14.7. The summed E-state index contributed by atoms with van der Waals surface area (Å²) in [6.07, 6.45) is 6.29. The third-order valence-electron chi connectivity index (χ3n) is 3.01. The van der Waals surface area contributed by atoms with Crippen LogP contribution in [0.4, 0.5) is 0 Å². The molecule has 0 spiro atoms. The van der Waals surface area contributed by atoms with E-state index < -0.39 is 0 Å². The summed E-state index contributed by atoms with van der Waals surface area (Å²) < 4.78 is 5.53. The molecule has 0 saturated carbocycles. The third-order valence-corrected chi connectivity index (χ3v) is 5.17. The van der Waals surface area contributed by atoms with Crippen molar-refractivity contribution in [3.63, 3.8) is 0 Å². The highest BCUT2D eigenvalue weighted by Gasteiger charge is 2.19. The molecule has 4 unspecified atom stereocenters. The van der Waals surface area contributed by atoms with E-state index in [0.717, 1.165) is 38.5 Å². The summed E-state index contributed by atoms with van der Waals surface area (Å²) in [6.45, 7) is 5.14. The second-order valence-corrected chi connectivity index (χ2v) is 7.13. The highest BCUT2D eigenvalue weighted by molar-refractivity contribution is 6.30. The van der Waals surface area contributed by atoms with Crippen molar-refractivity contribution in [3.8, 4) is 0 Å². The first kappa shape index (κ1) is 20.1. The summed E-state index contributed by atoms with van der Waals surface area (Å²) in [7, 11) is 0. The van der Waals surface area contributed by atoms with Crippen molar-refractivity contribution in [1.82, 2.24) is 0 Å². The molecule has 0 radical (unpaired) electrons. The van der Waals surface area contributed by atoms with Crippen molar-refractivity contribution >= 4 is 46.4 Å². The van der Waals surface area contributed by atoms with Gasteiger partial charge in [0, 0.05) is 0 Å². The maximum Gasteiger partial charge on any atom is 0.0733 e. The van der Waals surface area contributed by atoms with Gasteiger partial charge in [-0.3, -0.25) is 0 Å². The number of unbranched alkanes of at least 4 members (excludes halogenated alkanes) is 2. The topological polar surface area (TPSA) is 9.23 Å². The van der Waals surface area contributed by atoms with Gasteiger partial charge in [0.05, 0.1) is 34.7 Å². The Morgan fingerprint density at radius 1 is 0.684 bits per heavy atom. The van der Waals surface area contributed by atoms with Gasteiger partial charge in [-0.05, 0) is 12.8 Å². The van der Waals surface area contributed by atoms with Crippen LogP contribution in [0, 0.1) is 0 Å². The number of hydrogen-bond acceptors (Lipinski definition) is 1. The van der Waals surface area contributed by atoms with E-state index in [1.807, 2.05) is 0 Å². The van der Waals surface area contributed by atoms with Gasteiger partial charge in [-0.25, -0.2) is 0 Å². The van der Waals surface area contributed by atoms with Gasteiger partial charge in [0.1, 0.15) is 0 Å². The Balaban J connectivity index is 3.70. The van der Waals surface area contributed by atoms with Crippen molar-refractivity contribution in [2.75, 3.05) is 13.2 Å². The van der Waals surface area contributed by atoms with Gasteiger partial charge in [0.15, 0.2) is 0 Å². The van der Waals surface area contributed by atoms with Crippen molar-refractivity contribution in [2.45, 2.75) is 73.9 Å². The maximum absolute atomic E-state index is 6.19. The fourth-order valence-electron chi connectivity index (χ4n) is 1.66. The average molecular weight is 352 g/mol. The molecule has 0 aromatic rings. The predicted octanol–water partition coefficient (Wildman–Crippen LogP) is 5.81. The van der Waals surface area contributed by atoms with Crippen molar-refractivity contribution in [1.29, 1.82) is 0 Å². The molecule has 0 amide bonds. The van der Waals surface area contributed by atoms with E-state index in [4.69, 9.17) is 51.1 Å². The highest BCUT2D eigenvalue weighted by atomic mass is 35.5. The van der Waals surface area contributed by atoms with E-state index in [1.165, 1.54) is 0 Å². The molecule has 1 nitrogen and oxygen atoms in total. The van der Waals surface area contributed by atoms with Gasteiger partial charge < -0.3 is 4.74 Å². The smallest absolute Gasteiger partial charge is 0.0733 e. The Morgan fingerprint density at radius 3 is 1.37 bits per heavy atom. The lowest BCUT2D eigenvalue weighted by molar-refractivity contribution is 0.131. The van der Waals surface area contributed by atoms with Crippen molar-refractivity contribution < 1.29 is 4.74 Å². The Morgan fingerprint density at radius 2 is 1.05 bits per heavy atom. The molecule has 0 bridgehead atoms. The number of alkyl halides is 4. The van der Waals surface area contributed by atoms with Crippen LogP contribution in [0.15, 0.2) is 0 Å². The Labute approximate surface area is 138 Å². The van der Waals surface area contributed by atoms with Crippen LogP contribution >= 0.6 is 46.4 Å². The van der Waals surface area contributed by atoms with Crippen LogP contribution in [0.25, 0.3) is 0 Å². The minimum atomic E-state index is -0.165. The van der Waals surface area contributed by atoms with E-state index in [1.54, 1.807) is 0 Å². The molecule has 0 aliphatic rings. The van der Waals surface area contributed by atoms with Crippen LogP contribution in [-0.4, -0.2) is 34.7 Å². The van der Waals surface area contributed by atoms with Crippen LogP contribution < -0.4 is 0 Å². The summed E-state index contributed by atoms with van der Waals surface area (Å²) in [5.41, 5.74) is 0. The van der Waals surface area contributed by atoms with Crippen molar-refractivity contribution in [3.05, 3.63) is 0 Å². The zero-order valence-corrected chi connectivity index (χ0v) is 14.9. The standard InChI is InChI=1S/C14H26Cl4O/c1-3-5-7-11(15)13(17)9-19-10-14(18)12(16)8-6-4-2/h11-14H,3-10H2,1-2H3. The highest BCUT2D eigenvalue weighted by Crippen LogP contribution is 2.19. The number of rotatable bonds is 12. The lowest BCUT2D eigenvalue weighted by Gasteiger charge is -2.19. The second kappa shape index (κ2) is 12.8. The molecular weight excluding hydrogens is 326 g/mol. The average Bonchev–Trinajstić information content (AvgIpc) is 2.41. The molecule has 0 N–H and O–H groups in total. The summed E-state index contributed by atoms with van der Waals surface area (Å²) in [4.78, 5) is 0. The minimum absolute atomic E-state index is 0.0396. The molecule has 0 saturated heterocycles. The van der Waals surface area contributed by atoms with Gasteiger partial charge in [0.2, 0.25) is 0 Å². The fraction of sp³-hybridized carbons (Fsp3) is 1.00. The number of halogens is 4. The van der Waals surface area contributed by atoms with E-state index >= 15 is 0 Å². The normalized spacial score (nSPS) is 18.0. The summed E-state index contributed by atoms with van der Waals surface area (Å²) in [5.74, 6) is 0. The molecule has 0 aromatic carbocycles. The molecule has 116 valence electrons. The molecule has 19 heavy (non-hydrogen) atoms. The molecule has 0 aliphatic carbocycles. The van der Waals surface area contributed by atoms with Gasteiger partial charge in [-0.1, -0.05) is 39.5 Å². The van der Waals surface area contributed by atoms with E-state index in [9.17, 15) is 0 Å². The minimum Gasteiger partial charge on any atom is -0.378 e. The largest absolute Gasteiger partial charge is 0.378 e. The van der Waals surface area contributed by atoms with Gasteiger partial charge in [-0.15, -0.1) is 46.4 Å². The molecule has 4 atom stereocenters. The fourth-order valence-corrected chi connectivity index (χ4v) is 2.55. The summed E-state index contributed by atoms with van der Waals surface area (Å²) >= 11 is 24.7. The van der Waals surface area contributed by atoms with Crippen molar-refractivity contribution in [2.24, 2.45) is 0 Å². The molecule has 0 rings (SSSR count). The Kier molecular flexibility index (Phi) is 13.6. The lowest BCUT2D eigenvalue weighted by Crippen LogP contribution is -2.26. The molecule has 0 heterocycles. The lowest BCUT2D eigenvalue weighted by atomic mass is 10.1. The molecule has 5 heteroatoms. The Hall–Kier alpha value is 1.12. The van der Waals surface area contributed by atoms with Crippen LogP contribution in [0.3, 0.4) is 0 Å². The first-order valence-electron chi connectivity index (χ1n) is 7.16. The third kappa shape index (κ3) is 10.5. The quantitative estimate of drug-likeness (QED) is 0.403. The van der Waals surface area contributed by atoms with Crippen LogP contribution in [-0.2, 0) is 4.74 Å². The monoisotopic (exact) mass is 350 g/mol. The molecular formula is C14H26Cl4O. The number of hydrogen-bond donors (Lipinski definition) is 0. The molecule has 0 aromatic heterocycles. The first-order valence-corrected chi connectivity index (χ1v) is 8.91. The van der Waals surface area contributed by atoms with Gasteiger partial charge in [0.25, 0.3) is 0 Å². The van der Waals surface area contributed by atoms with E-state index in [0.29, 0.717) is 13.2 Å². The van der Waals surface area contributed by atoms with E-state index in [-0.39, 0.29) is 21.5 Å². The Bertz CT molecular complexity index is 184. The van der Waals surface area contributed by atoms with E-state index in [2.05, 4.69) is 13.8 Å². The summed E-state index contributed by atoms with van der Waals surface area (Å²) in [5, 5.41) is -0.410. The van der Waals surface area contributed by atoms with Crippen LogP contribution in [0.1, 0.15) is 52.4 Å². The SMILES string of the molecule is CCCCC(Cl)C(Cl)COCC(Cl)C(Cl)CCCC.